The summed E-state index contributed by atoms with van der Waals surface area (Å²) in [6, 6.07) is 8.17. The molecule has 0 spiro atoms. The number of rotatable bonds is 4. The second-order valence-corrected chi connectivity index (χ2v) is 11.1. The number of carboxylic acid groups (broad SMARTS) is 1. The standard InChI is InChI=1S/C29H38N2O5/c1-17-8-10-21(11-9-17)24-19(3)22-14-30(28(34)31-12-13-35-16-18(31)2)15-23(22)20(4)25(24)26(27(32)33)36-29(5,6)7/h8-11,18,26H,12-16H2,1-7H3,(H,32,33)/t18-,26?/m1/s1. The van der Waals surface area contributed by atoms with E-state index in [1.54, 1.807) is 0 Å². The minimum Gasteiger partial charge on any atom is -0.479 e. The van der Waals surface area contributed by atoms with E-state index < -0.39 is 17.7 Å². The summed E-state index contributed by atoms with van der Waals surface area (Å²) in [6.45, 7) is 16.3. The first-order chi connectivity index (χ1) is 16.9. The van der Waals surface area contributed by atoms with Gasteiger partial charge in [0.25, 0.3) is 0 Å². The third-order valence-corrected chi connectivity index (χ3v) is 7.20. The van der Waals surface area contributed by atoms with Crippen LogP contribution < -0.4 is 0 Å². The number of aliphatic carboxylic acids is 1. The van der Waals surface area contributed by atoms with Gasteiger partial charge in [-0.3, -0.25) is 0 Å². The van der Waals surface area contributed by atoms with Crippen molar-refractivity contribution in [3.63, 3.8) is 0 Å². The number of carbonyl (C=O) groups excluding carboxylic acids is 1. The highest BCUT2D eigenvalue weighted by molar-refractivity contribution is 5.85. The van der Waals surface area contributed by atoms with Gasteiger partial charge in [-0.25, -0.2) is 9.59 Å². The fourth-order valence-corrected chi connectivity index (χ4v) is 5.36. The number of hydrogen-bond donors (Lipinski definition) is 1. The van der Waals surface area contributed by atoms with Crippen LogP contribution in [-0.4, -0.2) is 58.3 Å². The lowest BCUT2D eigenvalue weighted by molar-refractivity contribution is -0.160. The van der Waals surface area contributed by atoms with E-state index in [-0.39, 0.29) is 12.1 Å². The Balaban J connectivity index is 1.85. The van der Waals surface area contributed by atoms with Gasteiger partial charge in [0.05, 0.1) is 24.9 Å². The van der Waals surface area contributed by atoms with Crippen LogP contribution in [0.4, 0.5) is 4.79 Å². The molecule has 2 aliphatic heterocycles. The lowest BCUT2D eigenvalue weighted by Crippen LogP contribution is -2.51. The SMILES string of the molecule is Cc1ccc(-c2c(C)c3c(c(C)c2C(OC(C)(C)C)C(=O)O)CN(C(=O)N2CCOC[C@H]2C)C3)cc1. The number of benzene rings is 2. The van der Waals surface area contributed by atoms with E-state index in [9.17, 15) is 14.7 Å². The number of aryl methyl sites for hydroxylation is 1. The van der Waals surface area contributed by atoms with E-state index in [0.29, 0.717) is 38.4 Å². The zero-order valence-electron chi connectivity index (χ0n) is 22.5. The zero-order valence-corrected chi connectivity index (χ0v) is 22.5. The maximum absolute atomic E-state index is 13.5. The van der Waals surface area contributed by atoms with E-state index in [1.165, 1.54) is 0 Å². The molecule has 0 aromatic heterocycles. The predicted octanol–water partition coefficient (Wildman–Crippen LogP) is 5.38. The van der Waals surface area contributed by atoms with Crippen molar-refractivity contribution >= 4 is 12.0 Å². The quantitative estimate of drug-likeness (QED) is 0.618. The van der Waals surface area contributed by atoms with Crippen LogP contribution in [0.1, 0.15) is 67.2 Å². The molecule has 2 atom stereocenters. The molecule has 0 aliphatic carbocycles. The van der Waals surface area contributed by atoms with E-state index in [1.807, 2.05) is 82.5 Å². The number of hydrogen-bond acceptors (Lipinski definition) is 4. The van der Waals surface area contributed by atoms with Crippen LogP contribution in [0, 0.1) is 20.8 Å². The number of ether oxygens (including phenoxy) is 2. The summed E-state index contributed by atoms with van der Waals surface area (Å²) in [5, 5.41) is 10.3. The Morgan fingerprint density at radius 3 is 2.22 bits per heavy atom. The lowest BCUT2D eigenvalue weighted by atomic mass is 9.83. The highest BCUT2D eigenvalue weighted by Gasteiger charge is 2.38. The number of morpholine rings is 1. The van der Waals surface area contributed by atoms with Gasteiger partial charge in [0.15, 0.2) is 6.10 Å². The molecule has 194 valence electrons. The number of nitrogens with zero attached hydrogens (tertiary/aromatic N) is 2. The van der Waals surface area contributed by atoms with Crippen molar-refractivity contribution in [2.24, 2.45) is 0 Å². The Hall–Kier alpha value is -2.90. The van der Waals surface area contributed by atoms with Crippen LogP contribution in [0.25, 0.3) is 11.1 Å². The van der Waals surface area contributed by atoms with Crippen LogP contribution >= 0.6 is 0 Å². The Kier molecular flexibility index (Phi) is 7.17. The summed E-state index contributed by atoms with van der Waals surface area (Å²) in [5.41, 5.74) is 7.00. The Bertz CT molecular complexity index is 1170. The summed E-state index contributed by atoms with van der Waals surface area (Å²) >= 11 is 0. The molecule has 7 heteroatoms. The summed E-state index contributed by atoms with van der Waals surface area (Å²) in [5.74, 6) is -1.02. The predicted molar refractivity (Wildman–Crippen MR) is 139 cm³/mol. The van der Waals surface area contributed by atoms with Crippen molar-refractivity contribution in [3.8, 4) is 11.1 Å². The molecule has 1 fully saturated rings. The molecule has 2 aromatic carbocycles. The number of fused-ring (bicyclic) bond motifs is 1. The highest BCUT2D eigenvalue weighted by Crippen LogP contribution is 2.44. The van der Waals surface area contributed by atoms with E-state index in [2.05, 4.69) is 0 Å². The van der Waals surface area contributed by atoms with Crippen LogP contribution in [-0.2, 0) is 27.4 Å². The van der Waals surface area contributed by atoms with E-state index in [4.69, 9.17) is 9.47 Å². The van der Waals surface area contributed by atoms with Crippen LogP contribution in [0.3, 0.4) is 0 Å². The van der Waals surface area contributed by atoms with Gasteiger partial charge >= 0.3 is 12.0 Å². The Morgan fingerprint density at radius 2 is 1.67 bits per heavy atom. The van der Waals surface area contributed by atoms with E-state index in [0.717, 1.165) is 38.9 Å². The molecule has 1 N–H and O–H groups in total. The average Bonchev–Trinajstić information content (AvgIpc) is 3.26. The fraction of sp³-hybridized carbons (Fsp3) is 0.517. The summed E-state index contributed by atoms with van der Waals surface area (Å²) in [4.78, 5) is 29.8. The van der Waals surface area contributed by atoms with Crippen molar-refractivity contribution < 1.29 is 24.2 Å². The van der Waals surface area contributed by atoms with Crippen molar-refractivity contribution in [2.45, 2.75) is 79.3 Å². The Labute approximate surface area is 214 Å². The van der Waals surface area contributed by atoms with Crippen molar-refractivity contribution in [2.75, 3.05) is 19.8 Å². The van der Waals surface area contributed by atoms with Crippen LogP contribution in [0.2, 0.25) is 0 Å². The normalized spacial score (nSPS) is 18.8. The highest BCUT2D eigenvalue weighted by atomic mass is 16.5. The maximum atomic E-state index is 13.5. The maximum Gasteiger partial charge on any atom is 0.337 e. The van der Waals surface area contributed by atoms with Gasteiger partial charge in [-0.2, -0.15) is 0 Å². The first-order valence-electron chi connectivity index (χ1n) is 12.6. The van der Waals surface area contributed by atoms with Gasteiger partial charge in [-0.15, -0.1) is 0 Å². The van der Waals surface area contributed by atoms with Crippen LogP contribution in [0.5, 0.6) is 0 Å². The monoisotopic (exact) mass is 494 g/mol. The largest absolute Gasteiger partial charge is 0.479 e. The first-order valence-corrected chi connectivity index (χ1v) is 12.6. The molecule has 2 aromatic rings. The van der Waals surface area contributed by atoms with Crippen molar-refractivity contribution in [1.82, 2.24) is 9.80 Å². The smallest absolute Gasteiger partial charge is 0.337 e. The van der Waals surface area contributed by atoms with Gasteiger partial charge in [0, 0.05) is 25.2 Å². The third kappa shape index (κ3) is 5.00. The van der Waals surface area contributed by atoms with Crippen molar-refractivity contribution in [1.29, 1.82) is 0 Å². The van der Waals surface area contributed by atoms with Gasteiger partial charge in [0.1, 0.15) is 0 Å². The molecular weight excluding hydrogens is 456 g/mol. The minimum absolute atomic E-state index is 0.0000352. The summed E-state index contributed by atoms with van der Waals surface area (Å²) < 4.78 is 11.7. The topological polar surface area (TPSA) is 79.3 Å². The molecule has 4 rings (SSSR count). The second kappa shape index (κ2) is 9.87. The molecule has 0 radical (unpaired) electrons. The molecule has 2 aliphatic rings. The molecule has 2 heterocycles. The zero-order chi connectivity index (χ0) is 26.4. The van der Waals surface area contributed by atoms with E-state index >= 15 is 0 Å². The Morgan fingerprint density at radius 1 is 1.06 bits per heavy atom. The molecule has 36 heavy (non-hydrogen) atoms. The van der Waals surface area contributed by atoms with Gasteiger partial charge in [0.2, 0.25) is 0 Å². The van der Waals surface area contributed by atoms with Gasteiger partial charge in [-0.1, -0.05) is 29.8 Å². The number of carboxylic acids is 1. The molecule has 0 bridgehead atoms. The number of carbonyl (C=O) groups is 2. The van der Waals surface area contributed by atoms with Gasteiger partial charge in [-0.05, 0) is 81.8 Å². The molecule has 0 saturated carbocycles. The third-order valence-electron chi connectivity index (χ3n) is 7.20. The second-order valence-electron chi connectivity index (χ2n) is 11.1. The first kappa shape index (κ1) is 26.2. The van der Waals surface area contributed by atoms with Crippen molar-refractivity contribution in [3.05, 3.63) is 57.6 Å². The van der Waals surface area contributed by atoms with Crippen LogP contribution in [0.15, 0.2) is 24.3 Å². The molecule has 1 unspecified atom stereocenters. The summed E-state index contributed by atoms with van der Waals surface area (Å²) in [6.07, 6.45) is -1.13. The van der Waals surface area contributed by atoms with Gasteiger partial charge < -0.3 is 24.4 Å². The molecule has 1 saturated heterocycles. The molecular formula is C29H38N2O5. The fourth-order valence-electron chi connectivity index (χ4n) is 5.36. The molecule has 2 amide bonds. The average molecular weight is 495 g/mol. The number of amides is 2. The molecule has 7 nitrogen and oxygen atoms in total. The number of urea groups is 1. The summed E-state index contributed by atoms with van der Waals surface area (Å²) in [7, 11) is 0. The lowest BCUT2D eigenvalue weighted by Gasteiger charge is -2.36. The minimum atomic E-state index is -1.13.